The zero-order chi connectivity index (χ0) is 15.5. The van der Waals surface area contributed by atoms with E-state index in [0.29, 0.717) is 44.2 Å². The normalized spacial score (nSPS) is 22.7. The number of piperazine rings is 1. The molecule has 1 aromatic carbocycles. The Hall–Kier alpha value is -1.59. The van der Waals surface area contributed by atoms with E-state index in [0.717, 1.165) is 12.0 Å². The first-order chi connectivity index (χ1) is 10.6. The van der Waals surface area contributed by atoms with Gasteiger partial charge in [0.25, 0.3) is 0 Å². The van der Waals surface area contributed by atoms with Gasteiger partial charge in [-0.2, -0.15) is 0 Å². The van der Waals surface area contributed by atoms with Crippen LogP contribution >= 0.6 is 11.6 Å². The van der Waals surface area contributed by atoms with Gasteiger partial charge in [0.15, 0.2) is 0 Å². The summed E-state index contributed by atoms with van der Waals surface area (Å²) in [6.07, 6.45) is 1.08. The van der Waals surface area contributed by atoms with Crippen LogP contribution in [0, 0.1) is 0 Å². The van der Waals surface area contributed by atoms with Crippen molar-refractivity contribution in [3.05, 3.63) is 34.9 Å². The molecule has 0 spiro atoms. The SMILES string of the molecule is O=C1OCCC1N1CCN(C(=O)Cc2ccccc2Cl)CC1. The Bertz CT molecular complexity index is 570. The van der Waals surface area contributed by atoms with Crippen molar-refractivity contribution >= 4 is 23.5 Å². The van der Waals surface area contributed by atoms with Gasteiger partial charge in [-0.05, 0) is 11.6 Å². The molecule has 2 heterocycles. The molecule has 1 atom stereocenters. The average molecular weight is 323 g/mol. The van der Waals surface area contributed by atoms with Crippen LogP contribution in [0.5, 0.6) is 0 Å². The van der Waals surface area contributed by atoms with E-state index in [1.165, 1.54) is 0 Å². The molecule has 2 aliphatic heterocycles. The van der Waals surface area contributed by atoms with Crippen molar-refractivity contribution in [1.29, 1.82) is 0 Å². The minimum absolute atomic E-state index is 0.0850. The zero-order valence-corrected chi connectivity index (χ0v) is 13.1. The smallest absolute Gasteiger partial charge is 0.323 e. The van der Waals surface area contributed by atoms with Crippen molar-refractivity contribution in [2.24, 2.45) is 0 Å². The number of benzene rings is 1. The maximum Gasteiger partial charge on any atom is 0.323 e. The first-order valence-corrected chi connectivity index (χ1v) is 7.95. The summed E-state index contributed by atoms with van der Waals surface area (Å²) < 4.78 is 5.01. The molecule has 2 saturated heterocycles. The number of carbonyl (C=O) groups is 2. The standard InChI is InChI=1S/C16H19ClN2O3/c17-13-4-2-1-3-12(13)11-15(20)19-8-6-18(7-9-19)14-5-10-22-16(14)21/h1-4,14H,5-11H2. The second kappa shape index (κ2) is 6.67. The molecule has 0 aliphatic carbocycles. The molecule has 5 nitrogen and oxygen atoms in total. The zero-order valence-electron chi connectivity index (χ0n) is 12.3. The Morgan fingerprint density at radius 3 is 2.59 bits per heavy atom. The van der Waals surface area contributed by atoms with E-state index >= 15 is 0 Å². The third-order valence-electron chi connectivity index (χ3n) is 4.31. The second-order valence-electron chi connectivity index (χ2n) is 5.66. The van der Waals surface area contributed by atoms with Gasteiger partial charge >= 0.3 is 5.97 Å². The Morgan fingerprint density at radius 1 is 1.23 bits per heavy atom. The van der Waals surface area contributed by atoms with Crippen molar-refractivity contribution in [3.63, 3.8) is 0 Å². The number of rotatable bonds is 3. The molecule has 22 heavy (non-hydrogen) atoms. The van der Waals surface area contributed by atoms with Crippen LogP contribution in [0.1, 0.15) is 12.0 Å². The minimum Gasteiger partial charge on any atom is -0.464 e. The highest BCUT2D eigenvalue weighted by atomic mass is 35.5. The van der Waals surface area contributed by atoms with Crippen LogP contribution in [0.15, 0.2) is 24.3 Å². The summed E-state index contributed by atoms with van der Waals surface area (Å²) in [5.41, 5.74) is 0.857. The number of hydrogen-bond donors (Lipinski definition) is 0. The fourth-order valence-corrected chi connectivity index (χ4v) is 3.22. The van der Waals surface area contributed by atoms with Crippen LogP contribution < -0.4 is 0 Å². The summed E-state index contributed by atoms with van der Waals surface area (Å²) in [5.74, 6) is -0.0439. The Kier molecular flexibility index (Phi) is 4.64. The number of halogens is 1. The molecule has 2 fully saturated rings. The van der Waals surface area contributed by atoms with Crippen LogP contribution in [0.2, 0.25) is 5.02 Å². The van der Waals surface area contributed by atoms with Crippen molar-refractivity contribution < 1.29 is 14.3 Å². The molecular formula is C16H19ClN2O3. The van der Waals surface area contributed by atoms with Gasteiger partial charge in [-0.15, -0.1) is 0 Å². The highest BCUT2D eigenvalue weighted by molar-refractivity contribution is 6.31. The van der Waals surface area contributed by atoms with Crippen LogP contribution in [-0.4, -0.2) is 60.5 Å². The fraction of sp³-hybridized carbons (Fsp3) is 0.500. The van der Waals surface area contributed by atoms with Gasteiger partial charge in [0.1, 0.15) is 6.04 Å². The summed E-state index contributed by atoms with van der Waals surface area (Å²) in [4.78, 5) is 27.9. The number of cyclic esters (lactones) is 1. The lowest BCUT2D eigenvalue weighted by Gasteiger charge is -2.36. The fourth-order valence-electron chi connectivity index (χ4n) is 3.02. The Balaban J connectivity index is 1.54. The van der Waals surface area contributed by atoms with E-state index in [2.05, 4.69) is 4.90 Å². The molecule has 1 aromatic rings. The topological polar surface area (TPSA) is 49.9 Å². The van der Waals surface area contributed by atoms with Gasteiger partial charge in [0.2, 0.25) is 5.91 Å². The van der Waals surface area contributed by atoms with E-state index in [4.69, 9.17) is 16.3 Å². The average Bonchev–Trinajstić information content (AvgIpc) is 2.96. The number of ether oxygens (including phenoxy) is 1. The first-order valence-electron chi connectivity index (χ1n) is 7.57. The van der Waals surface area contributed by atoms with Gasteiger partial charge in [-0.25, -0.2) is 0 Å². The van der Waals surface area contributed by atoms with Crippen LogP contribution in [-0.2, 0) is 20.7 Å². The van der Waals surface area contributed by atoms with Crippen molar-refractivity contribution in [1.82, 2.24) is 9.80 Å². The monoisotopic (exact) mass is 322 g/mol. The number of esters is 1. The maximum atomic E-state index is 12.4. The Labute approximate surface area is 134 Å². The lowest BCUT2D eigenvalue weighted by atomic mass is 10.1. The van der Waals surface area contributed by atoms with Gasteiger partial charge in [0.05, 0.1) is 13.0 Å². The lowest BCUT2D eigenvalue weighted by molar-refractivity contribution is -0.143. The van der Waals surface area contributed by atoms with Gasteiger partial charge in [0, 0.05) is 37.6 Å². The summed E-state index contributed by atoms with van der Waals surface area (Å²) in [7, 11) is 0. The quantitative estimate of drug-likeness (QED) is 0.788. The van der Waals surface area contributed by atoms with Crippen molar-refractivity contribution in [3.8, 4) is 0 Å². The predicted molar refractivity (Wildman–Crippen MR) is 82.7 cm³/mol. The number of amides is 1. The van der Waals surface area contributed by atoms with E-state index < -0.39 is 0 Å². The number of carbonyl (C=O) groups excluding carboxylic acids is 2. The van der Waals surface area contributed by atoms with E-state index in [9.17, 15) is 9.59 Å². The molecule has 0 saturated carbocycles. The molecule has 1 unspecified atom stereocenters. The highest BCUT2D eigenvalue weighted by Gasteiger charge is 2.34. The molecule has 118 valence electrons. The summed E-state index contributed by atoms with van der Waals surface area (Å²) in [5, 5.41) is 0.628. The van der Waals surface area contributed by atoms with E-state index in [-0.39, 0.29) is 17.9 Å². The molecule has 1 amide bonds. The van der Waals surface area contributed by atoms with Crippen LogP contribution in [0.3, 0.4) is 0 Å². The minimum atomic E-state index is -0.129. The van der Waals surface area contributed by atoms with Crippen molar-refractivity contribution in [2.75, 3.05) is 32.8 Å². The molecule has 0 bridgehead atoms. The molecular weight excluding hydrogens is 304 g/mol. The summed E-state index contributed by atoms with van der Waals surface area (Å²) in [6.45, 7) is 3.23. The molecule has 3 rings (SSSR count). The van der Waals surface area contributed by atoms with Gasteiger partial charge in [-0.1, -0.05) is 29.8 Å². The summed E-state index contributed by atoms with van der Waals surface area (Å²) in [6, 6.07) is 7.30. The van der Waals surface area contributed by atoms with E-state index in [1.807, 2.05) is 23.1 Å². The Morgan fingerprint density at radius 2 is 1.95 bits per heavy atom. The molecule has 2 aliphatic rings. The van der Waals surface area contributed by atoms with Gasteiger partial charge < -0.3 is 9.64 Å². The van der Waals surface area contributed by atoms with Crippen LogP contribution in [0.4, 0.5) is 0 Å². The summed E-state index contributed by atoms with van der Waals surface area (Å²) >= 11 is 6.10. The molecule has 0 N–H and O–H groups in total. The van der Waals surface area contributed by atoms with Crippen molar-refractivity contribution in [2.45, 2.75) is 18.9 Å². The first kappa shape index (κ1) is 15.3. The maximum absolute atomic E-state index is 12.4. The van der Waals surface area contributed by atoms with Gasteiger partial charge in [-0.3, -0.25) is 14.5 Å². The third-order valence-corrected chi connectivity index (χ3v) is 4.68. The van der Waals surface area contributed by atoms with E-state index in [1.54, 1.807) is 6.07 Å². The predicted octanol–water partition coefficient (Wildman–Crippen LogP) is 1.34. The lowest BCUT2D eigenvalue weighted by Crippen LogP contribution is -2.53. The number of hydrogen-bond acceptors (Lipinski definition) is 4. The highest BCUT2D eigenvalue weighted by Crippen LogP contribution is 2.19. The molecule has 6 heteroatoms. The van der Waals surface area contributed by atoms with Crippen LogP contribution in [0.25, 0.3) is 0 Å². The third kappa shape index (κ3) is 3.25. The number of nitrogens with zero attached hydrogens (tertiary/aromatic N) is 2. The second-order valence-corrected chi connectivity index (χ2v) is 6.06. The largest absolute Gasteiger partial charge is 0.464 e. The molecule has 0 radical (unpaired) electrons. The molecule has 0 aromatic heterocycles.